The number of carbonyl (C=O) groups excluding carboxylic acids is 1. The fourth-order valence-corrected chi connectivity index (χ4v) is 3.36. The Morgan fingerprint density at radius 1 is 1.12 bits per heavy atom. The van der Waals surface area contributed by atoms with Crippen LogP contribution in [-0.4, -0.2) is 39.1 Å². The predicted molar refractivity (Wildman–Crippen MR) is 120 cm³/mol. The van der Waals surface area contributed by atoms with Crippen molar-refractivity contribution >= 4 is 17.1 Å². The molecule has 0 atom stereocenters. The van der Waals surface area contributed by atoms with Crippen molar-refractivity contribution in [2.45, 2.75) is 19.8 Å². The Labute approximate surface area is 183 Å². The van der Waals surface area contributed by atoms with E-state index in [1.807, 2.05) is 12.1 Å². The van der Waals surface area contributed by atoms with Crippen LogP contribution in [0.15, 0.2) is 53.3 Å². The number of nitrogens with one attached hydrogen (secondary N) is 1. The Balaban J connectivity index is 1.87. The number of nitrogens with two attached hydrogens (primary N) is 1. The minimum atomic E-state index is -0.772. The molecule has 2 heterocycles. The van der Waals surface area contributed by atoms with Crippen molar-refractivity contribution in [3.05, 3.63) is 64.7 Å². The van der Waals surface area contributed by atoms with Crippen molar-refractivity contribution in [1.29, 1.82) is 0 Å². The number of hydrogen-bond donors (Lipinski definition) is 2. The standard InChI is InChI=1S/C23H23N5O4/c1-3-4-13-32-15-11-9-14(10-12-15)21-25-18(20(24)29)19-22(27-21)28(23(30)26-19)16-7-5-6-8-17(16)31-2/h5-12H,3-4,13H2,1-2H3,(H2,24,29)(H,26,30). The van der Waals surface area contributed by atoms with Crippen LogP contribution in [0.25, 0.3) is 28.2 Å². The molecule has 3 N–H and O–H groups in total. The third-order valence-corrected chi connectivity index (χ3v) is 4.98. The van der Waals surface area contributed by atoms with Crippen molar-refractivity contribution in [2.24, 2.45) is 5.73 Å². The number of carbonyl (C=O) groups is 1. The molecule has 0 fully saturated rings. The van der Waals surface area contributed by atoms with Crippen LogP contribution >= 0.6 is 0 Å². The van der Waals surface area contributed by atoms with E-state index in [2.05, 4.69) is 21.9 Å². The number of H-pyrrole nitrogens is 1. The van der Waals surface area contributed by atoms with Gasteiger partial charge < -0.3 is 20.2 Å². The summed E-state index contributed by atoms with van der Waals surface area (Å²) in [5, 5.41) is 0. The number of methoxy groups -OCH3 is 1. The van der Waals surface area contributed by atoms with Crippen LogP contribution in [-0.2, 0) is 0 Å². The Bertz CT molecular complexity index is 1320. The average Bonchev–Trinajstić information content (AvgIpc) is 3.14. The second-order valence-corrected chi connectivity index (χ2v) is 7.12. The maximum atomic E-state index is 12.8. The number of hydrogen-bond acceptors (Lipinski definition) is 6. The van der Waals surface area contributed by atoms with E-state index in [4.69, 9.17) is 15.2 Å². The maximum absolute atomic E-state index is 12.8. The fourth-order valence-electron chi connectivity index (χ4n) is 3.36. The van der Waals surface area contributed by atoms with Gasteiger partial charge in [0.25, 0.3) is 5.91 Å². The largest absolute Gasteiger partial charge is 0.495 e. The van der Waals surface area contributed by atoms with Crippen LogP contribution in [0.4, 0.5) is 0 Å². The molecule has 0 aliphatic rings. The topological polar surface area (TPSA) is 125 Å². The number of rotatable bonds is 8. The van der Waals surface area contributed by atoms with E-state index in [-0.39, 0.29) is 22.7 Å². The van der Waals surface area contributed by atoms with E-state index in [0.717, 1.165) is 18.6 Å². The Hall–Kier alpha value is -4.14. The smallest absolute Gasteiger partial charge is 0.332 e. The summed E-state index contributed by atoms with van der Waals surface area (Å²) in [7, 11) is 1.51. The first-order valence-corrected chi connectivity index (χ1v) is 10.2. The van der Waals surface area contributed by atoms with Crippen molar-refractivity contribution in [2.75, 3.05) is 13.7 Å². The fraction of sp³-hybridized carbons (Fsp3) is 0.217. The van der Waals surface area contributed by atoms with Crippen molar-refractivity contribution in [3.8, 4) is 28.6 Å². The van der Waals surface area contributed by atoms with E-state index in [1.54, 1.807) is 36.4 Å². The number of aromatic amines is 1. The first kappa shape index (κ1) is 21.1. The highest BCUT2D eigenvalue weighted by Crippen LogP contribution is 2.27. The van der Waals surface area contributed by atoms with E-state index in [1.165, 1.54) is 11.7 Å². The molecular weight excluding hydrogens is 410 g/mol. The average molecular weight is 433 g/mol. The lowest BCUT2D eigenvalue weighted by Crippen LogP contribution is -2.16. The Morgan fingerprint density at radius 2 is 1.88 bits per heavy atom. The predicted octanol–water partition coefficient (Wildman–Crippen LogP) is 3.06. The first-order chi connectivity index (χ1) is 15.5. The molecule has 0 saturated carbocycles. The lowest BCUT2D eigenvalue weighted by molar-refractivity contribution is 0.0997. The highest BCUT2D eigenvalue weighted by atomic mass is 16.5. The zero-order chi connectivity index (χ0) is 22.7. The van der Waals surface area contributed by atoms with Crippen LogP contribution in [0.5, 0.6) is 11.5 Å². The van der Waals surface area contributed by atoms with Gasteiger partial charge >= 0.3 is 5.69 Å². The lowest BCUT2D eigenvalue weighted by atomic mass is 10.2. The van der Waals surface area contributed by atoms with Gasteiger partial charge in [0.1, 0.15) is 17.0 Å². The van der Waals surface area contributed by atoms with Gasteiger partial charge in [0.2, 0.25) is 0 Å². The number of imidazole rings is 1. The van der Waals surface area contributed by atoms with Crippen LogP contribution in [0.3, 0.4) is 0 Å². The number of nitrogens with zero attached hydrogens (tertiary/aromatic N) is 3. The third kappa shape index (κ3) is 3.92. The molecule has 0 bridgehead atoms. The van der Waals surface area contributed by atoms with Gasteiger partial charge in [-0.15, -0.1) is 0 Å². The van der Waals surface area contributed by atoms with Crippen molar-refractivity contribution < 1.29 is 14.3 Å². The first-order valence-electron chi connectivity index (χ1n) is 10.2. The van der Waals surface area contributed by atoms with Gasteiger partial charge in [0.15, 0.2) is 17.2 Å². The van der Waals surface area contributed by atoms with Crippen LogP contribution in [0.2, 0.25) is 0 Å². The zero-order valence-electron chi connectivity index (χ0n) is 17.8. The molecule has 1 amide bonds. The number of amides is 1. The van der Waals surface area contributed by atoms with E-state index in [9.17, 15) is 9.59 Å². The Kier molecular flexibility index (Phi) is 5.89. The van der Waals surface area contributed by atoms with Crippen molar-refractivity contribution in [1.82, 2.24) is 19.5 Å². The summed E-state index contributed by atoms with van der Waals surface area (Å²) in [4.78, 5) is 36.5. The summed E-state index contributed by atoms with van der Waals surface area (Å²) in [6.45, 7) is 2.74. The van der Waals surface area contributed by atoms with Crippen LogP contribution < -0.4 is 20.9 Å². The molecule has 0 spiro atoms. The van der Waals surface area contributed by atoms with Gasteiger partial charge in [0, 0.05) is 5.56 Å². The molecule has 2 aromatic heterocycles. The number of aromatic nitrogens is 4. The number of para-hydroxylation sites is 2. The van der Waals surface area contributed by atoms with E-state index < -0.39 is 11.6 Å². The van der Waals surface area contributed by atoms with E-state index >= 15 is 0 Å². The summed E-state index contributed by atoms with van der Waals surface area (Å²) in [6.07, 6.45) is 2.02. The zero-order valence-corrected chi connectivity index (χ0v) is 17.8. The van der Waals surface area contributed by atoms with Gasteiger partial charge in [-0.3, -0.25) is 4.79 Å². The molecule has 0 unspecified atom stereocenters. The molecule has 0 aliphatic carbocycles. The van der Waals surface area contributed by atoms with Crippen LogP contribution in [0, 0.1) is 0 Å². The van der Waals surface area contributed by atoms with Crippen LogP contribution in [0.1, 0.15) is 30.3 Å². The van der Waals surface area contributed by atoms with E-state index in [0.29, 0.717) is 23.6 Å². The minimum absolute atomic E-state index is 0.0704. The second-order valence-electron chi connectivity index (χ2n) is 7.12. The SMILES string of the molecule is CCCCOc1ccc(-c2nc(C(N)=O)c3[nH]c(=O)n(-c4ccccc4OC)c3n2)cc1. The number of unbranched alkanes of at least 4 members (excludes halogenated alkanes) is 1. The molecule has 9 heteroatoms. The summed E-state index contributed by atoms with van der Waals surface area (Å²) in [5.74, 6) is 0.691. The molecule has 0 aliphatic heterocycles. The summed E-state index contributed by atoms with van der Waals surface area (Å²) in [6, 6.07) is 14.2. The van der Waals surface area contributed by atoms with Gasteiger partial charge in [-0.25, -0.2) is 19.3 Å². The number of benzene rings is 2. The lowest BCUT2D eigenvalue weighted by Gasteiger charge is -2.10. The molecular formula is C23H23N5O4. The normalized spacial score (nSPS) is 10.9. The maximum Gasteiger partial charge on any atom is 0.332 e. The summed E-state index contributed by atoms with van der Waals surface area (Å²) < 4.78 is 12.4. The molecule has 2 aromatic carbocycles. The molecule has 0 saturated heterocycles. The molecule has 0 radical (unpaired) electrons. The molecule has 4 rings (SSSR count). The number of fused-ring (bicyclic) bond motifs is 1. The monoisotopic (exact) mass is 433 g/mol. The summed E-state index contributed by atoms with van der Waals surface area (Å²) in [5.41, 5.74) is 6.53. The van der Waals surface area contributed by atoms with Gasteiger partial charge in [0.05, 0.1) is 19.4 Å². The number of primary amides is 1. The van der Waals surface area contributed by atoms with Gasteiger partial charge in [-0.05, 0) is 42.8 Å². The highest BCUT2D eigenvalue weighted by Gasteiger charge is 2.21. The minimum Gasteiger partial charge on any atom is -0.495 e. The second kappa shape index (κ2) is 8.93. The summed E-state index contributed by atoms with van der Waals surface area (Å²) >= 11 is 0. The molecule has 32 heavy (non-hydrogen) atoms. The highest BCUT2D eigenvalue weighted by molar-refractivity contribution is 6.02. The molecule has 4 aromatic rings. The molecule has 164 valence electrons. The van der Waals surface area contributed by atoms with Gasteiger partial charge in [-0.2, -0.15) is 0 Å². The number of ether oxygens (including phenoxy) is 2. The molecule has 9 nitrogen and oxygen atoms in total. The van der Waals surface area contributed by atoms with Crippen molar-refractivity contribution in [3.63, 3.8) is 0 Å². The van der Waals surface area contributed by atoms with Gasteiger partial charge in [-0.1, -0.05) is 25.5 Å². The quantitative estimate of drug-likeness (QED) is 0.412. The Morgan fingerprint density at radius 3 is 2.56 bits per heavy atom. The third-order valence-electron chi connectivity index (χ3n) is 4.98.